The highest BCUT2D eigenvalue weighted by atomic mass is 16.6. The lowest BCUT2D eigenvalue weighted by atomic mass is 10.1. The van der Waals surface area contributed by atoms with Gasteiger partial charge in [-0.3, -0.25) is 4.79 Å². The smallest absolute Gasteiger partial charge is 0.348 e. The average molecular weight is 399 g/mol. The van der Waals surface area contributed by atoms with E-state index in [4.69, 9.17) is 18.9 Å². The number of fused-ring (bicyclic) bond motifs is 1. The van der Waals surface area contributed by atoms with E-state index < -0.39 is 12.1 Å². The number of nitrogens with zero attached hydrogens (tertiary/aromatic N) is 1. The lowest BCUT2D eigenvalue weighted by Crippen LogP contribution is -2.47. The predicted molar refractivity (Wildman–Crippen MR) is 108 cm³/mol. The first-order chi connectivity index (χ1) is 14.1. The number of rotatable bonds is 8. The first kappa shape index (κ1) is 20.5. The number of ether oxygens (including phenoxy) is 4. The molecule has 0 N–H and O–H groups in total. The SMILES string of the molecule is CCOc1ccc(OCCCC(=O)N2C[C@H](C(=O)OC)Oc3ccccc32)cc1. The number of anilines is 1. The summed E-state index contributed by atoms with van der Waals surface area (Å²) >= 11 is 0. The van der Waals surface area contributed by atoms with Crippen LogP contribution in [0.5, 0.6) is 17.2 Å². The Kier molecular flexibility index (Phi) is 6.94. The molecule has 3 rings (SSSR count). The quantitative estimate of drug-likeness (QED) is 0.501. The number of hydrogen-bond donors (Lipinski definition) is 0. The van der Waals surface area contributed by atoms with Crippen LogP contribution in [0.2, 0.25) is 0 Å². The second-order valence-electron chi connectivity index (χ2n) is 6.46. The third-order valence-electron chi connectivity index (χ3n) is 4.48. The van der Waals surface area contributed by atoms with E-state index in [2.05, 4.69) is 0 Å². The fraction of sp³-hybridized carbons (Fsp3) is 0.364. The Hall–Kier alpha value is -3.22. The van der Waals surface area contributed by atoms with Crippen molar-refractivity contribution in [1.82, 2.24) is 0 Å². The number of para-hydroxylation sites is 2. The molecule has 0 saturated carbocycles. The van der Waals surface area contributed by atoms with Gasteiger partial charge in [-0.1, -0.05) is 12.1 Å². The van der Waals surface area contributed by atoms with Gasteiger partial charge in [-0.2, -0.15) is 0 Å². The molecule has 1 aliphatic heterocycles. The third-order valence-corrected chi connectivity index (χ3v) is 4.48. The molecule has 2 aromatic rings. The fourth-order valence-electron chi connectivity index (χ4n) is 3.07. The molecule has 7 nitrogen and oxygen atoms in total. The molecule has 1 amide bonds. The second kappa shape index (κ2) is 9.82. The van der Waals surface area contributed by atoms with Crippen LogP contribution in [-0.2, 0) is 14.3 Å². The van der Waals surface area contributed by atoms with Gasteiger partial charge in [-0.05, 0) is 49.7 Å². The van der Waals surface area contributed by atoms with Crippen LogP contribution in [-0.4, -0.2) is 44.8 Å². The normalized spacial score (nSPS) is 15.1. The van der Waals surface area contributed by atoms with Gasteiger partial charge in [0.05, 0.1) is 32.6 Å². The van der Waals surface area contributed by atoms with Crippen LogP contribution < -0.4 is 19.1 Å². The Labute approximate surface area is 170 Å². The van der Waals surface area contributed by atoms with Gasteiger partial charge in [0.15, 0.2) is 0 Å². The first-order valence-corrected chi connectivity index (χ1v) is 9.62. The Balaban J connectivity index is 1.54. The minimum atomic E-state index is -0.834. The van der Waals surface area contributed by atoms with Crippen molar-refractivity contribution in [3.8, 4) is 17.2 Å². The summed E-state index contributed by atoms with van der Waals surface area (Å²) in [6.07, 6.45) is 0.00669. The molecule has 1 heterocycles. The van der Waals surface area contributed by atoms with Gasteiger partial charge in [-0.25, -0.2) is 4.79 Å². The molecule has 0 radical (unpaired) electrons. The molecule has 0 unspecified atom stereocenters. The zero-order chi connectivity index (χ0) is 20.6. The van der Waals surface area contributed by atoms with Crippen LogP contribution in [0.15, 0.2) is 48.5 Å². The second-order valence-corrected chi connectivity index (χ2v) is 6.46. The number of esters is 1. The van der Waals surface area contributed by atoms with Crippen molar-refractivity contribution in [2.75, 3.05) is 31.8 Å². The Morgan fingerprint density at radius 1 is 1.07 bits per heavy atom. The first-order valence-electron chi connectivity index (χ1n) is 9.62. The van der Waals surface area contributed by atoms with Crippen molar-refractivity contribution in [3.05, 3.63) is 48.5 Å². The zero-order valence-corrected chi connectivity index (χ0v) is 16.6. The maximum Gasteiger partial charge on any atom is 0.348 e. The van der Waals surface area contributed by atoms with Gasteiger partial charge in [-0.15, -0.1) is 0 Å². The van der Waals surface area contributed by atoms with E-state index in [1.54, 1.807) is 23.1 Å². The number of amides is 1. The van der Waals surface area contributed by atoms with Gasteiger partial charge in [0.1, 0.15) is 17.2 Å². The lowest BCUT2D eigenvalue weighted by Gasteiger charge is -2.33. The van der Waals surface area contributed by atoms with Crippen LogP contribution >= 0.6 is 0 Å². The number of carbonyl (C=O) groups is 2. The molecular formula is C22H25NO6. The molecule has 2 aromatic carbocycles. The summed E-state index contributed by atoms with van der Waals surface area (Å²) in [5, 5.41) is 0. The maximum absolute atomic E-state index is 12.8. The molecule has 7 heteroatoms. The van der Waals surface area contributed by atoms with Crippen molar-refractivity contribution >= 4 is 17.6 Å². The van der Waals surface area contributed by atoms with Crippen LogP contribution in [0.4, 0.5) is 5.69 Å². The summed E-state index contributed by atoms with van der Waals surface area (Å²) in [5.74, 6) is 1.42. The van der Waals surface area contributed by atoms with Crippen LogP contribution in [0.25, 0.3) is 0 Å². The van der Waals surface area contributed by atoms with E-state index in [9.17, 15) is 9.59 Å². The molecule has 29 heavy (non-hydrogen) atoms. The molecule has 0 fully saturated rings. The lowest BCUT2D eigenvalue weighted by molar-refractivity contribution is -0.148. The van der Waals surface area contributed by atoms with Gasteiger partial charge in [0.25, 0.3) is 0 Å². The van der Waals surface area contributed by atoms with Crippen molar-refractivity contribution in [3.63, 3.8) is 0 Å². The number of benzene rings is 2. The van der Waals surface area contributed by atoms with E-state index in [1.165, 1.54) is 7.11 Å². The average Bonchev–Trinajstić information content (AvgIpc) is 2.76. The Morgan fingerprint density at radius 3 is 2.45 bits per heavy atom. The highest BCUT2D eigenvalue weighted by Crippen LogP contribution is 2.33. The standard InChI is InChI=1S/C22H25NO6/c1-3-27-16-10-12-17(13-11-16)28-14-6-9-21(24)23-15-20(22(25)26-2)29-19-8-5-4-7-18(19)23/h4-5,7-8,10-13,20H,3,6,9,14-15H2,1-2H3/t20-/m1/s1. The van der Waals surface area contributed by atoms with E-state index in [0.717, 1.165) is 11.5 Å². The third kappa shape index (κ3) is 5.19. The zero-order valence-electron chi connectivity index (χ0n) is 16.6. The fourth-order valence-corrected chi connectivity index (χ4v) is 3.07. The molecule has 1 aliphatic rings. The molecule has 1 atom stereocenters. The van der Waals surface area contributed by atoms with Crippen LogP contribution in [0.3, 0.4) is 0 Å². The summed E-state index contributed by atoms with van der Waals surface area (Å²) in [6, 6.07) is 14.5. The molecule has 154 valence electrons. The van der Waals surface area contributed by atoms with E-state index in [0.29, 0.717) is 37.5 Å². The topological polar surface area (TPSA) is 74.3 Å². The number of methoxy groups -OCH3 is 1. The maximum atomic E-state index is 12.8. The van der Waals surface area contributed by atoms with Crippen molar-refractivity contribution in [2.45, 2.75) is 25.9 Å². The van der Waals surface area contributed by atoms with Crippen molar-refractivity contribution in [2.24, 2.45) is 0 Å². The van der Waals surface area contributed by atoms with Crippen LogP contribution in [0, 0.1) is 0 Å². The Morgan fingerprint density at radius 2 is 1.76 bits per heavy atom. The minimum absolute atomic E-state index is 0.0926. The van der Waals surface area contributed by atoms with Crippen molar-refractivity contribution < 1.29 is 28.5 Å². The van der Waals surface area contributed by atoms with Crippen molar-refractivity contribution in [1.29, 1.82) is 0 Å². The molecule has 0 saturated heterocycles. The monoisotopic (exact) mass is 399 g/mol. The molecule has 0 bridgehead atoms. The largest absolute Gasteiger partial charge is 0.494 e. The van der Waals surface area contributed by atoms with Gasteiger partial charge < -0.3 is 23.8 Å². The predicted octanol–water partition coefficient (Wildman–Crippen LogP) is 3.21. The van der Waals surface area contributed by atoms with Gasteiger partial charge in [0.2, 0.25) is 12.0 Å². The summed E-state index contributed by atoms with van der Waals surface area (Å²) in [5.41, 5.74) is 0.657. The molecule has 0 aromatic heterocycles. The molecule has 0 spiro atoms. The van der Waals surface area contributed by atoms with E-state index in [-0.39, 0.29) is 12.5 Å². The summed E-state index contributed by atoms with van der Waals surface area (Å²) in [4.78, 5) is 26.3. The Bertz CT molecular complexity index is 835. The highest BCUT2D eigenvalue weighted by Gasteiger charge is 2.34. The molecular weight excluding hydrogens is 374 g/mol. The number of carbonyl (C=O) groups excluding carboxylic acids is 2. The van der Waals surface area contributed by atoms with Gasteiger partial charge in [0, 0.05) is 6.42 Å². The molecule has 0 aliphatic carbocycles. The summed E-state index contributed by atoms with van der Waals surface area (Å²) < 4.78 is 21.5. The summed E-state index contributed by atoms with van der Waals surface area (Å²) in [6.45, 7) is 3.08. The number of hydrogen-bond acceptors (Lipinski definition) is 6. The minimum Gasteiger partial charge on any atom is -0.494 e. The van der Waals surface area contributed by atoms with Gasteiger partial charge >= 0.3 is 5.97 Å². The summed E-state index contributed by atoms with van der Waals surface area (Å²) in [7, 11) is 1.30. The van der Waals surface area contributed by atoms with E-state index in [1.807, 2.05) is 37.3 Å². The van der Waals surface area contributed by atoms with Crippen LogP contribution in [0.1, 0.15) is 19.8 Å². The highest BCUT2D eigenvalue weighted by molar-refractivity contribution is 5.96. The van der Waals surface area contributed by atoms with E-state index >= 15 is 0 Å².